The number of methoxy groups -OCH3 is 1. The van der Waals surface area contributed by atoms with E-state index >= 15 is 0 Å². The van der Waals surface area contributed by atoms with Gasteiger partial charge in [-0.2, -0.15) is 0 Å². The molecule has 7 heteroatoms. The summed E-state index contributed by atoms with van der Waals surface area (Å²) in [7, 11) is -1.84. The second-order valence-corrected chi connectivity index (χ2v) is 1.50. The van der Waals surface area contributed by atoms with Gasteiger partial charge in [0.05, 0.1) is 13.7 Å². The fourth-order valence-corrected chi connectivity index (χ4v) is 0.177. The number of carbonyl (C=O) groups excluding carboxylic acids is 1. The SMILES string of the molecule is CCOC(=O)OC.O=S(=O)=O. The van der Waals surface area contributed by atoms with Gasteiger partial charge in [-0.25, -0.2) is 4.79 Å². The van der Waals surface area contributed by atoms with E-state index in [0.29, 0.717) is 6.61 Å². The van der Waals surface area contributed by atoms with Crippen LogP contribution in [0.1, 0.15) is 6.92 Å². The van der Waals surface area contributed by atoms with Gasteiger partial charge in [0.2, 0.25) is 0 Å². The lowest BCUT2D eigenvalue weighted by molar-refractivity contribution is 0.0771. The third-order valence-electron chi connectivity index (χ3n) is 0.429. The monoisotopic (exact) mass is 184 g/mol. The van der Waals surface area contributed by atoms with E-state index in [0.717, 1.165) is 0 Å². The van der Waals surface area contributed by atoms with Crippen LogP contribution in [0.3, 0.4) is 0 Å². The van der Waals surface area contributed by atoms with Crippen LogP contribution in [0.2, 0.25) is 0 Å². The molecule has 66 valence electrons. The molecular formula is C4H8O6S. The highest BCUT2D eigenvalue weighted by molar-refractivity contribution is 7.59. The van der Waals surface area contributed by atoms with Crippen molar-refractivity contribution in [1.29, 1.82) is 0 Å². The molecule has 11 heavy (non-hydrogen) atoms. The lowest BCUT2D eigenvalue weighted by atomic mass is 10.9. The van der Waals surface area contributed by atoms with Crippen LogP contribution in [0.5, 0.6) is 0 Å². The van der Waals surface area contributed by atoms with E-state index in [-0.39, 0.29) is 0 Å². The minimum Gasteiger partial charge on any atom is -0.438 e. The summed E-state index contributed by atoms with van der Waals surface area (Å²) in [6.07, 6.45) is -0.623. The standard InChI is InChI=1S/C4H8O3.O3S/c1-3-7-4(5)6-2;1-4(2)3/h3H2,1-2H3;. The van der Waals surface area contributed by atoms with Gasteiger partial charge in [0.1, 0.15) is 0 Å². The number of hydrogen-bond donors (Lipinski definition) is 0. The summed E-state index contributed by atoms with van der Waals surface area (Å²) in [5, 5.41) is 0. The highest BCUT2D eigenvalue weighted by Gasteiger charge is 1.92. The summed E-state index contributed by atoms with van der Waals surface area (Å²) in [6, 6.07) is 0. The summed E-state index contributed by atoms with van der Waals surface area (Å²) in [5.74, 6) is 0. The van der Waals surface area contributed by atoms with Gasteiger partial charge in [-0.15, -0.1) is 12.6 Å². The fourth-order valence-electron chi connectivity index (χ4n) is 0.177. The molecule has 0 radical (unpaired) electrons. The molecule has 0 bridgehead atoms. The Bertz CT molecular complexity index is 183. The van der Waals surface area contributed by atoms with Crippen molar-refractivity contribution >= 4 is 16.8 Å². The average molecular weight is 184 g/mol. The van der Waals surface area contributed by atoms with Gasteiger partial charge < -0.3 is 9.47 Å². The van der Waals surface area contributed by atoms with Crippen molar-refractivity contribution in [2.75, 3.05) is 13.7 Å². The van der Waals surface area contributed by atoms with Crippen molar-refractivity contribution < 1.29 is 26.9 Å². The zero-order valence-electron chi connectivity index (χ0n) is 6.06. The van der Waals surface area contributed by atoms with Gasteiger partial charge in [-0.1, -0.05) is 0 Å². The molecule has 6 nitrogen and oxygen atoms in total. The first-order chi connectivity index (χ1) is 5.04. The van der Waals surface area contributed by atoms with E-state index in [9.17, 15) is 4.79 Å². The van der Waals surface area contributed by atoms with Crippen molar-refractivity contribution in [2.45, 2.75) is 6.92 Å². The Labute approximate surface area is 65.2 Å². The number of rotatable bonds is 1. The Hall–Kier alpha value is -1.11. The molecule has 0 aromatic carbocycles. The quantitative estimate of drug-likeness (QED) is 0.524. The summed E-state index contributed by atoms with van der Waals surface area (Å²) >= 11 is 0. The summed E-state index contributed by atoms with van der Waals surface area (Å²) < 4.78 is 33.8. The fraction of sp³-hybridized carbons (Fsp3) is 0.750. The number of hydrogen-bond acceptors (Lipinski definition) is 6. The first-order valence-electron chi connectivity index (χ1n) is 2.52. The molecule has 0 amide bonds. The van der Waals surface area contributed by atoms with E-state index in [1.165, 1.54) is 7.11 Å². The molecule has 0 heterocycles. The second kappa shape index (κ2) is 8.89. The van der Waals surface area contributed by atoms with E-state index in [1.807, 2.05) is 0 Å². The van der Waals surface area contributed by atoms with E-state index in [1.54, 1.807) is 6.92 Å². The Kier molecular flexibility index (Phi) is 10.1. The zero-order valence-corrected chi connectivity index (χ0v) is 6.88. The van der Waals surface area contributed by atoms with Crippen LogP contribution in [0.15, 0.2) is 0 Å². The van der Waals surface area contributed by atoms with Crippen molar-refractivity contribution in [3.8, 4) is 0 Å². The Morgan fingerprint density at radius 2 is 1.73 bits per heavy atom. The molecule has 0 rings (SSSR count). The van der Waals surface area contributed by atoms with Crippen LogP contribution in [0.25, 0.3) is 0 Å². The molecule has 0 saturated carbocycles. The third kappa shape index (κ3) is 27.9. The third-order valence-corrected chi connectivity index (χ3v) is 0.429. The first kappa shape index (κ1) is 12.6. The largest absolute Gasteiger partial charge is 0.507 e. The van der Waals surface area contributed by atoms with Crippen molar-refractivity contribution in [2.24, 2.45) is 0 Å². The van der Waals surface area contributed by atoms with Gasteiger partial charge in [0.25, 0.3) is 0 Å². The lowest BCUT2D eigenvalue weighted by Crippen LogP contribution is -2.02. The summed E-state index contributed by atoms with van der Waals surface area (Å²) in [6.45, 7) is 2.09. The van der Waals surface area contributed by atoms with Crippen LogP contribution >= 0.6 is 0 Å². The molecule has 0 aliphatic carbocycles. The molecule has 0 fully saturated rings. The van der Waals surface area contributed by atoms with Gasteiger partial charge in [-0.3, -0.25) is 0 Å². The highest BCUT2D eigenvalue weighted by Crippen LogP contribution is 1.77. The lowest BCUT2D eigenvalue weighted by Gasteiger charge is -1.94. The zero-order chi connectivity index (χ0) is 9.28. The molecule has 0 N–H and O–H groups in total. The summed E-state index contributed by atoms with van der Waals surface area (Å²) in [4.78, 5) is 9.97. The van der Waals surface area contributed by atoms with Gasteiger partial charge in [0.15, 0.2) is 0 Å². The van der Waals surface area contributed by atoms with Crippen molar-refractivity contribution in [3.05, 3.63) is 0 Å². The minimum absolute atomic E-state index is 0.368. The molecule has 0 spiro atoms. The van der Waals surface area contributed by atoms with E-state index < -0.39 is 16.8 Å². The molecule has 0 unspecified atom stereocenters. The van der Waals surface area contributed by atoms with E-state index in [2.05, 4.69) is 9.47 Å². The second-order valence-electron chi connectivity index (χ2n) is 1.09. The van der Waals surface area contributed by atoms with Crippen molar-refractivity contribution in [1.82, 2.24) is 0 Å². The molecular weight excluding hydrogens is 176 g/mol. The maximum absolute atomic E-state index is 9.97. The number of ether oxygens (including phenoxy) is 2. The van der Waals surface area contributed by atoms with Gasteiger partial charge in [0, 0.05) is 0 Å². The molecule has 0 aliphatic rings. The molecule has 0 saturated heterocycles. The maximum atomic E-state index is 9.97. The van der Waals surface area contributed by atoms with Crippen molar-refractivity contribution in [3.63, 3.8) is 0 Å². The first-order valence-corrected chi connectivity index (χ1v) is 3.52. The number of carbonyl (C=O) groups is 1. The smallest absolute Gasteiger partial charge is 0.438 e. The molecule has 0 aliphatic heterocycles. The Morgan fingerprint density at radius 1 is 1.36 bits per heavy atom. The Balaban J connectivity index is 0. The normalized spacial score (nSPS) is 7.09. The molecule has 0 aromatic heterocycles. The van der Waals surface area contributed by atoms with Crippen LogP contribution in [-0.4, -0.2) is 32.5 Å². The van der Waals surface area contributed by atoms with Crippen LogP contribution < -0.4 is 0 Å². The van der Waals surface area contributed by atoms with Gasteiger partial charge in [-0.05, 0) is 6.92 Å². The predicted octanol–water partition coefficient (Wildman–Crippen LogP) is -0.215. The van der Waals surface area contributed by atoms with Gasteiger partial charge >= 0.3 is 16.8 Å². The highest BCUT2D eigenvalue weighted by atomic mass is 32.2. The Morgan fingerprint density at radius 3 is 1.82 bits per heavy atom. The van der Waals surface area contributed by atoms with Crippen LogP contribution in [0.4, 0.5) is 4.79 Å². The van der Waals surface area contributed by atoms with Crippen LogP contribution in [0, 0.1) is 0 Å². The maximum Gasteiger partial charge on any atom is 0.507 e. The van der Waals surface area contributed by atoms with Crippen LogP contribution in [-0.2, 0) is 20.1 Å². The minimum atomic E-state index is -3.11. The molecule has 0 atom stereocenters. The van der Waals surface area contributed by atoms with E-state index in [4.69, 9.17) is 12.6 Å². The predicted molar refractivity (Wildman–Crippen MR) is 33.7 cm³/mol. The average Bonchev–Trinajstić information content (AvgIpc) is 1.87. The topological polar surface area (TPSA) is 86.7 Å². The summed E-state index contributed by atoms with van der Waals surface area (Å²) in [5.41, 5.74) is 0. The molecule has 0 aromatic rings.